The summed E-state index contributed by atoms with van der Waals surface area (Å²) in [6.45, 7) is 0. The highest BCUT2D eigenvalue weighted by Crippen LogP contribution is 2.31. The molecule has 0 spiro atoms. The van der Waals surface area contributed by atoms with E-state index in [1.54, 1.807) is 7.05 Å². The number of hydrogen-bond acceptors (Lipinski definition) is 3. The number of aromatic nitrogens is 3. The van der Waals surface area contributed by atoms with Gasteiger partial charge < -0.3 is 5.11 Å². The van der Waals surface area contributed by atoms with E-state index < -0.39 is 17.8 Å². The van der Waals surface area contributed by atoms with Gasteiger partial charge >= 0.3 is 6.18 Å². The summed E-state index contributed by atoms with van der Waals surface area (Å²) in [4.78, 5) is 0. The lowest BCUT2D eigenvalue weighted by atomic mass is 10.0. The molecule has 1 unspecified atom stereocenters. The van der Waals surface area contributed by atoms with E-state index in [0.717, 1.165) is 12.1 Å². The highest BCUT2D eigenvalue weighted by molar-refractivity contribution is 5.30. The molecule has 1 aromatic heterocycles. The van der Waals surface area contributed by atoms with Crippen molar-refractivity contribution in [2.75, 3.05) is 0 Å². The van der Waals surface area contributed by atoms with Gasteiger partial charge in [0.15, 0.2) is 0 Å². The molecule has 0 bridgehead atoms. The number of aliphatic hydroxyl groups excluding tert-OH is 1. The van der Waals surface area contributed by atoms with E-state index in [9.17, 15) is 18.3 Å². The van der Waals surface area contributed by atoms with Gasteiger partial charge in [0.25, 0.3) is 0 Å². The van der Waals surface area contributed by atoms with Crippen molar-refractivity contribution in [1.82, 2.24) is 15.0 Å². The predicted molar refractivity (Wildman–Crippen MR) is 56.5 cm³/mol. The molecule has 0 aliphatic heterocycles. The second kappa shape index (κ2) is 4.41. The fourth-order valence-electron chi connectivity index (χ4n) is 1.60. The Morgan fingerprint density at radius 1 is 1.33 bits per heavy atom. The molecule has 0 radical (unpaired) electrons. The number of benzene rings is 1. The van der Waals surface area contributed by atoms with Crippen LogP contribution in [0.2, 0.25) is 0 Å². The summed E-state index contributed by atoms with van der Waals surface area (Å²) in [6, 6.07) is 4.55. The normalized spacial score (nSPS) is 13.6. The molecule has 0 fully saturated rings. The van der Waals surface area contributed by atoms with E-state index >= 15 is 0 Å². The Balaban J connectivity index is 2.38. The standard InChI is InChI=1S/C11H10F3N3O/c1-17-9(6-15-16-17)10(18)7-3-2-4-8(5-7)11(12,13)14/h2-6,10,18H,1H3. The van der Waals surface area contributed by atoms with E-state index in [1.807, 2.05) is 0 Å². The summed E-state index contributed by atoms with van der Waals surface area (Å²) in [5, 5.41) is 17.2. The van der Waals surface area contributed by atoms with Crippen molar-refractivity contribution >= 4 is 0 Å². The lowest BCUT2D eigenvalue weighted by Gasteiger charge is -2.13. The van der Waals surface area contributed by atoms with Gasteiger partial charge in [-0.05, 0) is 17.7 Å². The van der Waals surface area contributed by atoms with Crippen LogP contribution in [0.15, 0.2) is 30.5 Å². The SMILES string of the molecule is Cn1nncc1C(O)c1cccc(C(F)(F)F)c1. The van der Waals surface area contributed by atoms with Gasteiger partial charge in [0, 0.05) is 7.05 Å². The summed E-state index contributed by atoms with van der Waals surface area (Å²) in [5.41, 5.74) is -0.321. The molecule has 1 aromatic carbocycles. The first-order valence-electron chi connectivity index (χ1n) is 5.09. The molecule has 7 heteroatoms. The van der Waals surface area contributed by atoms with E-state index in [4.69, 9.17) is 0 Å². The van der Waals surface area contributed by atoms with E-state index in [-0.39, 0.29) is 5.56 Å². The maximum atomic E-state index is 12.5. The minimum Gasteiger partial charge on any atom is -0.382 e. The number of aliphatic hydroxyl groups is 1. The fourth-order valence-corrected chi connectivity index (χ4v) is 1.60. The molecule has 1 heterocycles. The Morgan fingerprint density at radius 3 is 2.61 bits per heavy atom. The molecule has 2 aromatic rings. The maximum Gasteiger partial charge on any atom is 0.416 e. The van der Waals surface area contributed by atoms with Gasteiger partial charge in [-0.1, -0.05) is 17.3 Å². The average molecular weight is 257 g/mol. The molecule has 1 atom stereocenters. The van der Waals surface area contributed by atoms with Crippen LogP contribution in [0.5, 0.6) is 0 Å². The van der Waals surface area contributed by atoms with Crippen LogP contribution in [-0.4, -0.2) is 20.1 Å². The highest BCUT2D eigenvalue weighted by atomic mass is 19.4. The molecule has 18 heavy (non-hydrogen) atoms. The zero-order chi connectivity index (χ0) is 13.3. The van der Waals surface area contributed by atoms with Crippen molar-refractivity contribution < 1.29 is 18.3 Å². The molecular formula is C11H10F3N3O. The van der Waals surface area contributed by atoms with Crippen molar-refractivity contribution in [3.63, 3.8) is 0 Å². The molecule has 0 aliphatic carbocycles. The van der Waals surface area contributed by atoms with E-state index in [0.29, 0.717) is 5.69 Å². The first kappa shape index (κ1) is 12.6. The molecule has 0 aliphatic rings. The zero-order valence-electron chi connectivity index (χ0n) is 9.39. The summed E-state index contributed by atoms with van der Waals surface area (Å²) < 4.78 is 38.9. The van der Waals surface area contributed by atoms with Crippen LogP contribution in [0.4, 0.5) is 13.2 Å². The van der Waals surface area contributed by atoms with Crippen molar-refractivity contribution in [3.8, 4) is 0 Å². The van der Waals surface area contributed by atoms with Gasteiger partial charge in [0.2, 0.25) is 0 Å². The Kier molecular flexibility index (Phi) is 3.08. The minimum atomic E-state index is -4.43. The first-order chi connectivity index (χ1) is 8.39. The summed E-state index contributed by atoms with van der Waals surface area (Å²) in [5.74, 6) is 0. The van der Waals surface area contributed by atoms with Crippen molar-refractivity contribution in [1.29, 1.82) is 0 Å². The van der Waals surface area contributed by atoms with Crippen LogP contribution in [0.1, 0.15) is 22.9 Å². The number of alkyl halides is 3. The lowest BCUT2D eigenvalue weighted by Crippen LogP contribution is -2.09. The van der Waals surface area contributed by atoms with Gasteiger partial charge in [-0.3, -0.25) is 0 Å². The maximum absolute atomic E-state index is 12.5. The van der Waals surface area contributed by atoms with Crippen LogP contribution in [0, 0.1) is 0 Å². The quantitative estimate of drug-likeness (QED) is 0.894. The van der Waals surface area contributed by atoms with E-state index in [1.165, 1.54) is 23.0 Å². The van der Waals surface area contributed by atoms with Crippen LogP contribution in [-0.2, 0) is 13.2 Å². The minimum absolute atomic E-state index is 0.148. The fraction of sp³-hybridized carbons (Fsp3) is 0.273. The monoisotopic (exact) mass is 257 g/mol. The predicted octanol–water partition coefficient (Wildman–Crippen LogP) is 1.92. The molecular weight excluding hydrogens is 247 g/mol. The summed E-state index contributed by atoms with van der Waals surface area (Å²) in [6.07, 6.45) is -4.31. The summed E-state index contributed by atoms with van der Waals surface area (Å²) in [7, 11) is 1.55. The third-order valence-electron chi connectivity index (χ3n) is 2.56. The Labute approximate surface area is 101 Å². The third kappa shape index (κ3) is 2.35. The van der Waals surface area contributed by atoms with Crippen molar-refractivity contribution in [2.24, 2.45) is 7.05 Å². The molecule has 0 amide bonds. The Hall–Kier alpha value is -1.89. The smallest absolute Gasteiger partial charge is 0.382 e. The van der Waals surface area contributed by atoms with Crippen LogP contribution >= 0.6 is 0 Å². The third-order valence-corrected chi connectivity index (χ3v) is 2.56. The number of halogens is 3. The van der Waals surface area contributed by atoms with Crippen molar-refractivity contribution in [2.45, 2.75) is 12.3 Å². The van der Waals surface area contributed by atoms with E-state index in [2.05, 4.69) is 10.3 Å². The second-order valence-corrected chi connectivity index (χ2v) is 3.81. The molecule has 0 saturated heterocycles. The second-order valence-electron chi connectivity index (χ2n) is 3.81. The molecule has 1 N–H and O–H groups in total. The topological polar surface area (TPSA) is 50.9 Å². The highest BCUT2D eigenvalue weighted by Gasteiger charge is 2.31. The zero-order valence-corrected chi connectivity index (χ0v) is 9.39. The number of aryl methyl sites for hydroxylation is 1. The Morgan fingerprint density at radius 2 is 2.06 bits per heavy atom. The van der Waals surface area contributed by atoms with Crippen molar-refractivity contribution in [3.05, 3.63) is 47.3 Å². The molecule has 4 nitrogen and oxygen atoms in total. The van der Waals surface area contributed by atoms with Gasteiger partial charge in [0.05, 0.1) is 17.5 Å². The largest absolute Gasteiger partial charge is 0.416 e. The van der Waals surface area contributed by atoms with Gasteiger partial charge in [0.1, 0.15) is 6.10 Å². The van der Waals surface area contributed by atoms with Gasteiger partial charge in [-0.2, -0.15) is 13.2 Å². The Bertz CT molecular complexity index is 550. The molecule has 0 saturated carbocycles. The first-order valence-corrected chi connectivity index (χ1v) is 5.09. The van der Waals surface area contributed by atoms with Gasteiger partial charge in [-0.15, -0.1) is 5.10 Å². The van der Waals surface area contributed by atoms with Gasteiger partial charge in [-0.25, -0.2) is 4.68 Å². The van der Waals surface area contributed by atoms with Crippen LogP contribution < -0.4 is 0 Å². The number of nitrogens with zero attached hydrogens (tertiary/aromatic N) is 3. The lowest BCUT2D eigenvalue weighted by molar-refractivity contribution is -0.137. The molecule has 2 rings (SSSR count). The van der Waals surface area contributed by atoms with Crippen LogP contribution in [0.25, 0.3) is 0 Å². The number of hydrogen-bond donors (Lipinski definition) is 1. The molecule has 96 valence electrons. The summed E-state index contributed by atoms with van der Waals surface area (Å²) >= 11 is 0. The average Bonchev–Trinajstić information content (AvgIpc) is 2.73. The number of rotatable bonds is 2. The van der Waals surface area contributed by atoms with Crippen LogP contribution in [0.3, 0.4) is 0 Å².